The highest BCUT2D eigenvalue weighted by atomic mass is 32.2. The minimum Gasteiger partial charge on any atom is -0.382 e. The van der Waals surface area contributed by atoms with Gasteiger partial charge in [0, 0.05) is 13.1 Å². The number of hydrogen-bond donors (Lipinski definition) is 0. The van der Waals surface area contributed by atoms with E-state index in [1.807, 2.05) is 26.0 Å². The number of nitrogens with zero attached hydrogens (tertiary/aromatic N) is 1. The lowest BCUT2D eigenvalue weighted by molar-refractivity contribution is 0.362. The summed E-state index contributed by atoms with van der Waals surface area (Å²) in [5, 5.41) is 0. The van der Waals surface area contributed by atoms with Gasteiger partial charge in [0.25, 0.3) is 0 Å². The fraction of sp³-hybridized carbons (Fsp3) is 0.478. The lowest BCUT2D eigenvalue weighted by Gasteiger charge is -2.25. The Kier molecular flexibility index (Phi) is 7.94. The highest BCUT2D eigenvalue weighted by Crippen LogP contribution is 2.26. The summed E-state index contributed by atoms with van der Waals surface area (Å²) in [7, 11) is -7.30. The molecule has 0 N–H and O–H groups in total. The summed E-state index contributed by atoms with van der Waals surface area (Å²) in [6.45, 7) is 12.2. The fourth-order valence-electron chi connectivity index (χ4n) is 2.99. The molecular weight excluding hydrogens is 434 g/mol. The zero-order valence-electron chi connectivity index (χ0n) is 19.1. The van der Waals surface area contributed by atoms with E-state index in [1.165, 1.54) is 11.2 Å². The van der Waals surface area contributed by atoms with Gasteiger partial charge in [-0.3, -0.25) is 0 Å². The Morgan fingerprint density at radius 1 is 0.903 bits per heavy atom. The van der Waals surface area contributed by atoms with Crippen molar-refractivity contribution in [1.29, 1.82) is 0 Å². The standard InChI is InChI=1S/C23H33NO5S2/c1-7-30(25,26)29-21-12-8-19(9-13-21)17-24(16-18(2)3)31(27,28)22-14-10-20(11-15-22)23(4,5)6/h8-15,18H,7,16-17H2,1-6H3. The molecule has 0 atom stereocenters. The highest BCUT2D eigenvalue weighted by molar-refractivity contribution is 7.89. The van der Waals surface area contributed by atoms with Crippen LogP contribution in [0.15, 0.2) is 53.4 Å². The average Bonchev–Trinajstić information content (AvgIpc) is 2.68. The Morgan fingerprint density at radius 3 is 1.90 bits per heavy atom. The number of rotatable bonds is 9. The molecule has 0 heterocycles. The lowest BCUT2D eigenvalue weighted by atomic mass is 9.87. The van der Waals surface area contributed by atoms with Crippen molar-refractivity contribution >= 4 is 20.1 Å². The largest absolute Gasteiger partial charge is 0.382 e. The Labute approximate surface area is 187 Å². The molecule has 0 radical (unpaired) electrons. The van der Waals surface area contributed by atoms with Gasteiger partial charge in [-0.1, -0.05) is 58.9 Å². The van der Waals surface area contributed by atoms with E-state index in [0.717, 1.165) is 11.1 Å². The molecule has 0 spiro atoms. The summed E-state index contributed by atoms with van der Waals surface area (Å²) >= 11 is 0. The van der Waals surface area contributed by atoms with Crippen molar-refractivity contribution in [2.75, 3.05) is 12.3 Å². The van der Waals surface area contributed by atoms with Gasteiger partial charge >= 0.3 is 10.1 Å². The summed E-state index contributed by atoms with van der Waals surface area (Å²) < 4.78 is 56.4. The molecule has 0 aliphatic carbocycles. The zero-order chi connectivity index (χ0) is 23.4. The maximum Gasteiger partial charge on any atom is 0.308 e. The first-order valence-electron chi connectivity index (χ1n) is 10.4. The van der Waals surface area contributed by atoms with Crippen LogP contribution in [0.3, 0.4) is 0 Å². The first-order valence-corrected chi connectivity index (χ1v) is 13.4. The van der Waals surface area contributed by atoms with E-state index >= 15 is 0 Å². The smallest absolute Gasteiger partial charge is 0.308 e. The molecule has 31 heavy (non-hydrogen) atoms. The third kappa shape index (κ3) is 7.05. The molecule has 8 heteroatoms. The molecule has 6 nitrogen and oxygen atoms in total. The first-order chi connectivity index (χ1) is 14.2. The topological polar surface area (TPSA) is 80.8 Å². The monoisotopic (exact) mass is 467 g/mol. The molecule has 2 aromatic rings. The van der Waals surface area contributed by atoms with Crippen LogP contribution in [-0.2, 0) is 32.1 Å². The summed E-state index contributed by atoms with van der Waals surface area (Å²) in [5.41, 5.74) is 1.76. The summed E-state index contributed by atoms with van der Waals surface area (Å²) in [6, 6.07) is 13.5. The summed E-state index contributed by atoms with van der Waals surface area (Å²) in [4.78, 5) is 0.259. The van der Waals surface area contributed by atoms with Crippen LogP contribution in [0, 0.1) is 5.92 Å². The predicted molar refractivity (Wildman–Crippen MR) is 124 cm³/mol. The summed E-state index contributed by atoms with van der Waals surface area (Å²) in [6.07, 6.45) is 0. The molecule has 0 unspecified atom stereocenters. The van der Waals surface area contributed by atoms with Gasteiger partial charge in [0.15, 0.2) is 0 Å². The first kappa shape index (κ1) is 25.4. The van der Waals surface area contributed by atoms with Crippen molar-refractivity contribution in [2.24, 2.45) is 5.92 Å². The Balaban J connectivity index is 2.28. The summed E-state index contributed by atoms with van der Waals surface area (Å²) in [5.74, 6) is 0.228. The molecule has 0 amide bonds. The number of sulfonamides is 1. The molecule has 0 aliphatic rings. The second-order valence-corrected chi connectivity index (χ2v) is 12.8. The van der Waals surface area contributed by atoms with Crippen molar-refractivity contribution in [3.63, 3.8) is 0 Å². The van der Waals surface area contributed by atoms with Gasteiger partial charge < -0.3 is 4.18 Å². The van der Waals surface area contributed by atoms with E-state index in [4.69, 9.17) is 4.18 Å². The van der Waals surface area contributed by atoms with E-state index in [-0.39, 0.29) is 34.3 Å². The van der Waals surface area contributed by atoms with Crippen molar-refractivity contribution < 1.29 is 21.0 Å². The normalized spacial score (nSPS) is 13.0. The van der Waals surface area contributed by atoms with Gasteiger partial charge in [-0.2, -0.15) is 12.7 Å². The predicted octanol–water partition coefficient (Wildman–Crippen LogP) is 4.56. The van der Waals surface area contributed by atoms with Crippen molar-refractivity contribution in [2.45, 2.75) is 58.4 Å². The fourth-order valence-corrected chi connectivity index (χ4v) is 5.10. The van der Waals surface area contributed by atoms with Gasteiger partial charge in [0.2, 0.25) is 10.0 Å². The third-order valence-electron chi connectivity index (χ3n) is 4.79. The molecule has 2 aromatic carbocycles. The maximum atomic E-state index is 13.3. The van der Waals surface area contributed by atoms with Crippen molar-refractivity contribution in [1.82, 2.24) is 4.31 Å². The third-order valence-corrected chi connectivity index (χ3v) is 7.77. The van der Waals surface area contributed by atoms with E-state index in [0.29, 0.717) is 6.54 Å². The van der Waals surface area contributed by atoms with Crippen LogP contribution in [0.5, 0.6) is 5.75 Å². The molecule has 172 valence electrons. The molecule has 0 fully saturated rings. The number of hydrogen-bond acceptors (Lipinski definition) is 5. The van der Waals surface area contributed by atoms with Crippen LogP contribution in [0.25, 0.3) is 0 Å². The molecule has 2 rings (SSSR count). The van der Waals surface area contributed by atoms with Gasteiger partial charge in [-0.25, -0.2) is 8.42 Å². The van der Waals surface area contributed by atoms with Crippen molar-refractivity contribution in [3.8, 4) is 5.75 Å². The van der Waals surface area contributed by atoms with Crippen LogP contribution < -0.4 is 4.18 Å². The second-order valence-electron chi connectivity index (χ2n) is 9.04. The molecule has 0 bridgehead atoms. The Morgan fingerprint density at radius 2 is 1.45 bits per heavy atom. The number of benzene rings is 2. The van der Waals surface area contributed by atoms with Gasteiger partial charge in [-0.15, -0.1) is 0 Å². The molecule has 0 saturated carbocycles. The van der Waals surface area contributed by atoms with Crippen LogP contribution in [-0.4, -0.2) is 33.4 Å². The van der Waals surface area contributed by atoms with E-state index in [1.54, 1.807) is 36.4 Å². The minimum atomic E-state index is -3.69. The SMILES string of the molecule is CCS(=O)(=O)Oc1ccc(CN(CC(C)C)S(=O)(=O)c2ccc(C(C)(C)C)cc2)cc1. The minimum absolute atomic E-state index is 0.0605. The van der Waals surface area contributed by atoms with Crippen LogP contribution in [0.2, 0.25) is 0 Å². The maximum absolute atomic E-state index is 13.3. The molecule has 0 saturated heterocycles. The highest BCUT2D eigenvalue weighted by Gasteiger charge is 2.26. The quantitative estimate of drug-likeness (QED) is 0.505. The molecule has 0 aromatic heterocycles. The van der Waals surface area contributed by atoms with Crippen molar-refractivity contribution in [3.05, 3.63) is 59.7 Å². The van der Waals surface area contributed by atoms with Gasteiger partial charge in [-0.05, 0) is 53.6 Å². The van der Waals surface area contributed by atoms with E-state index in [2.05, 4.69) is 20.8 Å². The second kappa shape index (κ2) is 9.71. The van der Waals surface area contributed by atoms with Gasteiger partial charge in [0.05, 0.1) is 10.6 Å². The Hall–Kier alpha value is -1.90. The molecular formula is C23H33NO5S2. The van der Waals surface area contributed by atoms with E-state index in [9.17, 15) is 16.8 Å². The molecule has 0 aliphatic heterocycles. The zero-order valence-corrected chi connectivity index (χ0v) is 20.8. The average molecular weight is 468 g/mol. The van der Waals surface area contributed by atoms with Crippen LogP contribution in [0.4, 0.5) is 0 Å². The van der Waals surface area contributed by atoms with E-state index < -0.39 is 20.1 Å². The van der Waals surface area contributed by atoms with Crippen LogP contribution >= 0.6 is 0 Å². The van der Waals surface area contributed by atoms with Crippen LogP contribution in [0.1, 0.15) is 52.7 Å². The Bertz CT molecular complexity index is 1070. The van der Waals surface area contributed by atoms with Gasteiger partial charge in [0.1, 0.15) is 5.75 Å². The lowest BCUT2D eigenvalue weighted by Crippen LogP contribution is -2.33.